The molecule has 2 aliphatic carbocycles. The fourth-order valence-corrected chi connectivity index (χ4v) is 3.00. The number of benzene rings is 1. The first-order chi connectivity index (χ1) is 10.3. The zero-order valence-electron chi connectivity index (χ0n) is 13.4. The standard InChI is InChI=1S/C17H25N3O.HI/c1-18-16(20-12-17(9-10-17)14-5-6-14)19-11-13-3-7-15(21-2)8-4-13;/h3-4,7-8,14H,5-6,9-12H2,1-2H3,(H2,18,19,20);1H. The second-order valence-electron chi connectivity index (χ2n) is 6.26. The molecule has 5 heteroatoms. The minimum Gasteiger partial charge on any atom is -0.497 e. The van der Waals surface area contributed by atoms with Crippen molar-refractivity contribution >= 4 is 29.9 Å². The number of halogens is 1. The van der Waals surface area contributed by atoms with E-state index in [9.17, 15) is 0 Å². The van der Waals surface area contributed by atoms with Crippen molar-refractivity contribution in [3.8, 4) is 5.75 Å². The zero-order valence-corrected chi connectivity index (χ0v) is 15.7. The van der Waals surface area contributed by atoms with Crippen LogP contribution in [0.5, 0.6) is 5.75 Å². The Hall–Kier alpha value is -0.980. The summed E-state index contributed by atoms with van der Waals surface area (Å²) in [6.07, 6.45) is 5.64. The number of nitrogens with one attached hydrogen (secondary N) is 2. The summed E-state index contributed by atoms with van der Waals surface area (Å²) >= 11 is 0. The van der Waals surface area contributed by atoms with Gasteiger partial charge >= 0.3 is 0 Å². The highest BCUT2D eigenvalue weighted by Crippen LogP contribution is 2.60. The molecule has 3 rings (SSSR count). The summed E-state index contributed by atoms with van der Waals surface area (Å²) in [6, 6.07) is 8.12. The summed E-state index contributed by atoms with van der Waals surface area (Å²) in [7, 11) is 3.52. The highest BCUT2D eigenvalue weighted by molar-refractivity contribution is 14.0. The third-order valence-corrected chi connectivity index (χ3v) is 4.79. The van der Waals surface area contributed by atoms with Crippen LogP contribution in [0.2, 0.25) is 0 Å². The van der Waals surface area contributed by atoms with Gasteiger partial charge < -0.3 is 15.4 Å². The molecule has 0 unspecified atom stereocenters. The van der Waals surface area contributed by atoms with Crippen molar-refractivity contribution in [2.75, 3.05) is 20.7 Å². The molecular weight excluding hydrogens is 389 g/mol. The van der Waals surface area contributed by atoms with Crippen molar-refractivity contribution in [3.05, 3.63) is 29.8 Å². The fraction of sp³-hybridized carbons (Fsp3) is 0.588. The van der Waals surface area contributed by atoms with Crippen LogP contribution in [0, 0.1) is 11.3 Å². The van der Waals surface area contributed by atoms with Crippen molar-refractivity contribution < 1.29 is 4.74 Å². The Labute approximate surface area is 150 Å². The largest absolute Gasteiger partial charge is 0.497 e. The molecule has 0 saturated heterocycles. The van der Waals surface area contributed by atoms with Crippen LogP contribution >= 0.6 is 24.0 Å². The molecule has 1 aromatic rings. The second-order valence-corrected chi connectivity index (χ2v) is 6.26. The van der Waals surface area contributed by atoms with Gasteiger partial charge in [0.25, 0.3) is 0 Å². The summed E-state index contributed by atoms with van der Waals surface area (Å²) in [5.41, 5.74) is 1.82. The Morgan fingerprint density at radius 1 is 1.23 bits per heavy atom. The second kappa shape index (κ2) is 7.53. The van der Waals surface area contributed by atoms with Gasteiger partial charge in [-0.2, -0.15) is 0 Å². The minimum atomic E-state index is 0. The van der Waals surface area contributed by atoms with Gasteiger partial charge in [-0.05, 0) is 54.7 Å². The van der Waals surface area contributed by atoms with Crippen molar-refractivity contribution in [2.45, 2.75) is 32.2 Å². The number of ether oxygens (including phenoxy) is 1. The normalized spacial score (nSPS) is 19.1. The molecule has 1 aromatic carbocycles. The quantitative estimate of drug-likeness (QED) is 0.426. The van der Waals surface area contributed by atoms with E-state index in [0.717, 1.165) is 30.7 Å². The van der Waals surface area contributed by atoms with Crippen LogP contribution in [0.4, 0.5) is 0 Å². The Kier molecular flexibility index (Phi) is 5.94. The maximum atomic E-state index is 5.17. The molecule has 0 amide bonds. The van der Waals surface area contributed by atoms with Gasteiger partial charge in [-0.25, -0.2) is 0 Å². The first-order valence-corrected chi connectivity index (χ1v) is 7.83. The van der Waals surface area contributed by atoms with Crippen LogP contribution in [0.15, 0.2) is 29.3 Å². The zero-order chi connectivity index (χ0) is 14.7. The van der Waals surface area contributed by atoms with Crippen LogP contribution in [0.3, 0.4) is 0 Å². The van der Waals surface area contributed by atoms with E-state index in [1.807, 2.05) is 19.2 Å². The number of nitrogens with zero attached hydrogens (tertiary/aromatic N) is 1. The van der Waals surface area contributed by atoms with E-state index in [0.29, 0.717) is 5.41 Å². The minimum absolute atomic E-state index is 0. The third-order valence-electron chi connectivity index (χ3n) is 4.79. The van der Waals surface area contributed by atoms with Crippen LogP contribution in [-0.4, -0.2) is 26.7 Å². The van der Waals surface area contributed by atoms with Crippen molar-refractivity contribution in [2.24, 2.45) is 16.3 Å². The van der Waals surface area contributed by atoms with Gasteiger partial charge in [-0.15, -0.1) is 24.0 Å². The summed E-state index contributed by atoms with van der Waals surface area (Å²) in [5, 5.41) is 6.88. The van der Waals surface area contributed by atoms with Crippen LogP contribution in [-0.2, 0) is 6.54 Å². The molecule has 0 radical (unpaired) electrons. The lowest BCUT2D eigenvalue weighted by Crippen LogP contribution is -2.40. The van der Waals surface area contributed by atoms with Gasteiger partial charge in [0.2, 0.25) is 0 Å². The Balaban J connectivity index is 0.00000176. The van der Waals surface area contributed by atoms with Gasteiger partial charge in [0, 0.05) is 20.1 Å². The summed E-state index contributed by atoms with van der Waals surface area (Å²) in [4.78, 5) is 4.32. The summed E-state index contributed by atoms with van der Waals surface area (Å²) in [6.45, 7) is 1.85. The average molecular weight is 415 g/mol. The highest BCUT2D eigenvalue weighted by Gasteiger charge is 2.53. The number of guanidine groups is 1. The topological polar surface area (TPSA) is 45.7 Å². The maximum Gasteiger partial charge on any atom is 0.191 e. The molecule has 0 spiro atoms. The lowest BCUT2D eigenvalue weighted by Gasteiger charge is -2.18. The highest BCUT2D eigenvalue weighted by atomic mass is 127. The molecule has 4 nitrogen and oxygen atoms in total. The molecular formula is C17H26IN3O. The number of rotatable bonds is 6. The molecule has 0 atom stereocenters. The molecule has 2 aliphatic rings. The van der Waals surface area contributed by atoms with E-state index in [1.54, 1.807) is 7.11 Å². The Bertz CT molecular complexity index is 507. The van der Waals surface area contributed by atoms with Gasteiger partial charge in [0.05, 0.1) is 7.11 Å². The number of aliphatic imine (C=N–C) groups is 1. The molecule has 0 bridgehead atoms. The van der Waals surface area contributed by atoms with Gasteiger partial charge in [0.15, 0.2) is 5.96 Å². The van der Waals surface area contributed by atoms with E-state index in [4.69, 9.17) is 4.74 Å². The monoisotopic (exact) mass is 415 g/mol. The summed E-state index contributed by atoms with van der Waals surface area (Å²) < 4.78 is 5.17. The van der Waals surface area contributed by atoms with Crippen LogP contribution in [0.25, 0.3) is 0 Å². The Morgan fingerprint density at radius 2 is 1.91 bits per heavy atom. The van der Waals surface area contributed by atoms with Gasteiger partial charge in [-0.3, -0.25) is 4.99 Å². The lowest BCUT2D eigenvalue weighted by molar-refractivity contribution is 0.414. The van der Waals surface area contributed by atoms with E-state index in [2.05, 4.69) is 27.8 Å². The van der Waals surface area contributed by atoms with Crippen molar-refractivity contribution in [1.82, 2.24) is 10.6 Å². The number of hydrogen-bond acceptors (Lipinski definition) is 2. The SMILES string of the molecule is CN=C(NCc1ccc(OC)cc1)NCC1(C2CC2)CC1.I. The summed E-state index contributed by atoms with van der Waals surface area (Å²) in [5.74, 6) is 2.77. The van der Waals surface area contributed by atoms with Gasteiger partial charge in [0.1, 0.15) is 5.75 Å². The molecule has 0 heterocycles. The third kappa shape index (κ3) is 4.27. The molecule has 22 heavy (non-hydrogen) atoms. The fourth-order valence-electron chi connectivity index (χ4n) is 3.00. The number of hydrogen-bond donors (Lipinski definition) is 2. The molecule has 2 fully saturated rings. The van der Waals surface area contributed by atoms with Crippen molar-refractivity contribution in [3.63, 3.8) is 0 Å². The van der Waals surface area contributed by atoms with E-state index in [1.165, 1.54) is 31.2 Å². The number of methoxy groups -OCH3 is 1. The van der Waals surface area contributed by atoms with E-state index >= 15 is 0 Å². The Morgan fingerprint density at radius 3 is 2.41 bits per heavy atom. The van der Waals surface area contributed by atoms with Crippen LogP contribution < -0.4 is 15.4 Å². The first kappa shape index (κ1) is 17.4. The smallest absolute Gasteiger partial charge is 0.191 e. The van der Waals surface area contributed by atoms with E-state index < -0.39 is 0 Å². The molecule has 122 valence electrons. The lowest BCUT2D eigenvalue weighted by atomic mass is 10.0. The maximum absolute atomic E-state index is 5.17. The van der Waals surface area contributed by atoms with Gasteiger partial charge in [-0.1, -0.05) is 12.1 Å². The predicted molar refractivity (Wildman–Crippen MR) is 101 cm³/mol. The molecule has 2 N–H and O–H groups in total. The van der Waals surface area contributed by atoms with Crippen LogP contribution in [0.1, 0.15) is 31.2 Å². The van der Waals surface area contributed by atoms with Crippen molar-refractivity contribution in [1.29, 1.82) is 0 Å². The average Bonchev–Trinajstić information content (AvgIpc) is 3.40. The molecule has 2 saturated carbocycles. The first-order valence-electron chi connectivity index (χ1n) is 7.83. The molecule has 0 aromatic heterocycles. The van der Waals surface area contributed by atoms with E-state index in [-0.39, 0.29) is 24.0 Å². The predicted octanol–water partition coefficient (Wildman–Crippen LogP) is 3.17. The molecule has 0 aliphatic heterocycles.